The predicted octanol–water partition coefficient (Wildman–Crippen LogP) is 0.419. The number of hydrogen-bond donors (Lipinski definition) is 0. The minimum absolute atomic E-state index is 0.119. The number of carbonyl (C=O) groups is 3. The molecule has 0 aliphatic carbocycles. The zero-order chi connectivity index (χ0) is 10.3. The summed E-state index contributed by atoms with van der Waals surface area (Å²) in [5.41, 5.74) is 0. The number of esters is 3. The normalized spacial score (nSPS) is 9.08. The van der Waals surface area contributed by atoms with Crippen molar-refractivity contribution in [1.29, 1.82) is 0 Å². The van der Waals surface area contributed by atoms with Gasteiger partial charge >= 0.3 is 17.9 Å². The number of ether oxygens (including phenoxy) is 2. The molecule has 13 heavy (non-hydrogen) atoms. The average Bonchev–Trinajstić information content (AvgIpc) is 2.13. The molecule has 0 aromatic heterocycles. The Hall–Kier alpha value is -1.39. The van der Waals surface area contributed by atoms with Crippen molar-refractivity contribution in [3.63, 3.8) is 0 Å². The molecular weight excluding hydrogens is 176 g/mol. The third-order valence-corrected chi connectivity index (χ3v) is 1.16. The fourth-order valence-electron chi connectivity index (χ4n) is 0.470. The van der Waals surface area contributed by atoms with E-state index in [9.17, 15) is 14.4 Å². The highest BCUT2D eigenvalue weighted by atomic mass is 16.6. The number of hydrogen-bond acceptors (Lipinski definition) is 5. The first-order valence-electron chi connectivity index (χ1n) is 3.99. The second kappa shape index (κ2) is 6.16. The standard InChI is InChI=1S/C8H12O5/c1-3-6(9)12-5-8(11)13-7(10)4-2/h3-5H2,1-2H3. The second-order valence-corrected chi connectivity index (χ2v) is 2.21. The van der Waals surface area contributed by atoms with E-state index in [-0.39, 0.29) is 12.8 Å². The van der Waals surface area contributed by atoms with Crippen LogP contribution in [-0.2, 0) is 23.9 Å². The van der Waals surface area contributed by atoms with E-state index in [4.69, 9.17) is 0 Å². The monoisotopic (exact) mass is 188 g/mol. The van der Waals surface area contributed by atoms with Crippen LogP contribution in [0.3, 0.4) is 0 Å². The van der Waals surface area contributed by atoms with E-state index >= 15 is 0 Å². The quantitative estimate of drug-likeness (QED) is 0.472. The van der Waals surface area contributed by atoms with E-state index in [1.807, 2.05) is 0 Å². The third kappa shape index (κ3) is 5.84. The van der Waals surface area contributed by atoms with Crippen LogP contribution in [0, 0.1) is 0 Å². The molecule has 0 N–H and O–H groups in total. The summed E-state index contributed by atoms with van der Waals surface area (Å²) < 4.78 is 8.67. The van der Waals surface area contributed by atoms with Crippen LogP contribution in [0.5, 0.6) is 0 Å². The highest BCUT2D eigenvalue weighted by molar-refractivity contribution is 5.86. The van der Waals surface area contributed by atoms with Crippen molar-refractivity contribution in [3.05, 3.63) is 0 Å². The summed E-state index contributed by atoms with van der Waals surface area (Å²) in [6, 6.07) is 0. The van der Waals surface area contributed by atoms with Crippen molar-refractivity contribution in [2.24, 2.45) is 0 Å². The van der Waals surface area contributed by atoms with Gasteiger partial charge in [-0.25, -0.2) is 4.79 Å². The maximum Gasteiger partial charge on any atom is 0.351 e. The minimum atomic E-state index is -0.839. The van der Waals surface area contributed by atoms with Crippen molar-refractivity contribution >= 4 is 17.9 Å². The van der Waals surface area contributed by atoms with Gasteiger partial charge in [-0.2, -0.15) is 0 Å². The molecule has 0 unspecified atom stereocenters. The second-order valence-electron chi connectivity index (χ2n) is 2.21. The Kier molecular flexibility index (Phi) is 5.50. The van der Waals surface area contributed by atoms with Gasteiger partial charge in [-0.05, 0) is 0 Å². The Morgan fingerprint density at radius 3 is 1.92 bits per heavy atom. The van der Waals surface area contributed by atoms with Gasteiger partial charge in [0.2, 0.25) is 0 Å². The largest absolute Gasteiger partial charge is 0.454 e. The molecule has 0 fully saturated rings. The average molecular weight is 188 g/mol. The van der Waals surface area contributed by atoms with E-state index in [1.54, 1.807) is 13.8 Å². The molecule has 0 saturated heterocycles. The van der Waals surface area contributed by atoms with Gasteiger partial charge in [0.15, 0.2) is 6.61 Å². The lowest BCUT2D eigenvalue weighted by Gasteiger charge is -2.01. The highest BCUT2D eigenvalue weighted by Gasteiger charge is 2.10. The molecule has 0 radical (unpaired) electrons. The lowest BCUT2D eigenvalue weighted by atomic mass is 10.5. The van der Waals surface area contributed by atoms with E-state index < -0.39 is 24.5 Å². The summed E-state index contributed by atoms with van der Waals surface area (Å²) in [5.74, 6) is -1.97. The zero-order valence-corrected chi connectivity index (χ0v) is 7.66. The van der Waals surface area contributed by atoms with Crippen LogP contribution in [0.2, 0.25) is 0 Å². The Balaban J connectivity index is 3.63. The molecule has 74 valence electrons. The first-order chi connectivity index (χ1) is 6.10. The molecule has 0 aromatic rings. The molecule has 0 saturated carbocycles. The van der Waals surface area contributed by atoms with Crippen molar-refractivity contribution in [1.82, 2.24) is 0 Å². The summed E-state index contributed by atoms with van der Waals surface area (Å²) in [4.78, 5) is 31.8. The van der Waals surface area contributed by atoms with Gasteiger partial charge in [0.25, 0.3) is 0 Å². The molecule has 0 atom stereocenters. The van der Waals surface area contributed by atoms with Crippen molar-refractivity contribution < 1.29 is 23.9 Å². The SMILES string of the molecule is CCC(=O)OCC(=O)OC(=O)CC. The highest BCUT2D eigenvalue weighted by Crippen LogP contribution is 1.89. The Morgan fingerprint density at radius 2 is 1.46 bits per heavy atom. The van der Waals surface area contributed by atoms with Gasteiger partial charge in [-0.3, -0.25) is 9.59 Å². The van der Waals surface area contributed by atoms with E-state index in [0.717, 1.165) is 0 Å². The molecule has 0 aromatic carbocycles. The van der Waals surface area contributed by atoms with Gasteiger partial charge in [-0.1, -0.05) is 13.8 Å². The summed E-state index contributed by atoms with van der Waals surface area (Å²) in [5, 5.41) is 0. The molecular formula is C8H12O5. The topological polar surface area (TPSA) is 69.7 Å². The van der Waals surface area contributed by atoms with Crippen molar-refractivity contribution in [2.75, 3.05) is 6.61 Å². The molecule has 0 amide bonds. The van der Waals surface area contributed by atoms with Crippen molar-refractivity contribution in [2.45, 2.75) is 26.7 Å². The van der Waals surface area contributed by atoms with Gasteiger partial charge in [-0.15, -0.1) is 0 Å². The third-order valence-electron chi connectivity index (χ3n) is 1.16. The van der Waals surface area contributed by atoms with Gasteiger partial charge < -0.3 is 9.47 Å². The Labute approximate surface area is 76.0 Å². The first kappa shape index (κ1) is 11.6. The Morgan fingerprint density at radius 1 is 0.923 bits per heavy atom. The lowest BCUT2D eigenvalue weighted by Crippen LogP contribution is -2.18. The van der Waals surface area contributed by atoms with E-state index in [2.05, 4.69) is 9.47 Å². The van der Waals surface area contributed by atoms with Crippen LogP contribution in [-0.4, -0.2) is 24.5 Å². The summed E-state index contributed by atoms with van der Waals surface area (Å²) in [7, 11) is 0. The number of carbonyl (C=O) groups excluding carboxylic acids is 3. The molecule has 0 spiro atoms. The molecule has 0 rings (SSSR count). The molecule has 0 aliphatic heterocycles. The smallest absolute Gasteiger partial charge is 0.351 e. The fraction of sp³-hybridized carbons (Fsp3) is 0.625. The molecule has 5 heteroatoms. The Bertz CT molecular complexity index is 209. The maximum atomic E-state index is 10.7. The summed E-state index contributed by atoms with van der Waals surface area (Å²) >= 11 is 0. The van der Waals surface area contributed by atoms with Crippen LogP contribution in [0.4, 0.5) is 0 Å². The van der Waals surface area contributed by atoms with Gasteiger partial charge in [0, 0.05) is 12.8 Å². The molecule has 0 heterocycles. The van der Waals surface area contributed by atoms with Crippen LogP contribution >= 0.6 is 0 Å². The summed E-state index contributed by atoms with van der Waals surface area (Å²) in [6.07, 6.45) is 0.308. The number of rotatable bonds is 4. The first-order valence-corrected chi connectivity index (χ1v) is 3.99. The minimum Gasteiger partial charge on any atom is -0.454 e. The van der Waals surface area contributed by atoms with Crippen LogP contribution in [0.15, 0.2) is 0 Å². The molecule has 0 bridgehead atoms. The molecule has 0 aliphatic rings. The van der Waals surface area contributed by atoms with Crippen LogP contribution in [0.25, 0.3) is 0 Å². The van der Waals surface area contributed by atoms with Crippen LogP contribution in [0.1, 0.15) is 26.7 Å². The molecule has 5 nitrogen and oxygen atoms in total. The predicted molar refractivity (Wildman–Crippen MR) is 42.6 cm³/mol. The zero-order valence-electron chi connectivity index (χ0n) is 7.66. The van der Waals surface area contributed by atoms with E-state index in [1.165, 1.54) is 0 Å². The van der Waals surface area contributed by atoms with Crippen LogP contribution < -0.4 is 0 Å². The van der Waals surface area contributed by atoms with Gasteiger partial charge in [0.05, 0.1) is 0 Å². The lowest BCUT2D eigenvalue weighted by molar-refractivity contribution is -0.166. The van der Waals surface area contributed by atoms with Crippen molar-refractivity contribution in [3.8, 4) is 0 Å². The summed E-state index contributed by atoms with van der Waals surface area (Å²) in [6.45, 7) is 2.66. The maximum absolute atomic E-state index is 10.7. The van der Waals surface area contributed by atoms with E-state index in [0.29, 0.717) is 0 Å². The fourth-order valence-corrected chi connectivity index (χ4v) is 0.470. The van der Waals surface area contributed by atoms with Gasteiger partial charge in [0.1, 0.15) is 0 Å².